The first-order valence-corrected chi connectivity index (χ1v) is 6.07. The van der Waals surface area contributed by atoms with Crippen LogP contribution in [0, 0.1) is 0 Å². The van der Waals surface area contributed by atoms with E-state index in [2.05, 4.69) is 4.98 Å². The van der Waals surface area contributed by atoms with Crippen molar-refractivity contribution < 1.29 is 0 Å². The zero-order valence-electron chi connectivity index (χ0n) is 8.35. The second-order valence-corrected chi connectivity index (χ2v) is 4.94. The third kappa shape index (κ3) is 2.61. The fraction of sp³-hybridized carbons (Fsp3) is 0. The Hall–Kier alpha value is -0.670. The maximum Gasteiger partial charge on any atom is 0.143 e. The van der Waals surface area contributed by atoms with Crippen molar-refractivity contribution in [2.45, 2.75) is 0 Å². The number of hydrogen-bond acceptors (Lipinski definition) is 2. The number of benzene rings is 1. The van der Waals surface area contributed by atoms with Crippen molar-refractivity contribution in [3.05, 3.63) is 44.4 Å². The Bertz CT molecular complexity index is 584. The second kappa shape index (κ2) is 4.91. The van der Waals surface area contributed by atoms with Crippen LogP contribution in [0.15, 0.2) is 24.3 Å². The minimum atomic E-state index is 0.220. The zero-order chi connectivity index (χ0) is 12.6. The minimum Gasteiger partial charge on any atom is -0.382 e. The molecule has 6 heteroatoms. The molecule has 2 N–H and O–H groups in total. The molecule has 1 aromatic carbocycles. The van der Waals surface area contributed by atoms with E-state index in [1.807, 2.05) is 0 Å². The number of rotatable bonds is 1. The van der Waals surface area contributed by atoms with E-state index in [9.17, 15) is 0 Å². The zero-order valence-corrected chi connectivity index (χ0v) is 11.4. The Morgan fingerprint density at radius 2 is 1.53 bits per heavy atom. The molecule has 0 atom stereocenters. The number of nitrogens with two attached hydrogens (primary N) is 1. The Morgan fingerprint density at radius 3 is 2.18 bits per heavy atom. The molecule has 88 valence electrons. The third-order valence-corrected chi connectivity index (χ3v) is 3.48. The molecule has 0 unspecified atom stereocenters. The maximum atomic E-state index is 6.05. The first-order chi connectivity index (χ1) is 7.99. The van der Waals surface area contributed by atoms with Gasteiger partial charge in [-0.1, -0.05) is 52.5 Å². The molecule has 0 spiro atoms. The number of nitrogens with zero attached hydrogens (tertiary/aromatic N) is 1. The molecule has 1 aromatic heterocycles. The molecule has 1 heterocycles. The highest BCUT2D eigenvalue weighted by atomic mass is 35.5. The lowest BCUT2D eigenvalue weighted by Crippen LogP contribution is -1.94. The van der Waals surface area contributed by atoms with Crippen LogP contribution in [0.4, 0.5) is 5.82 Å². The number of halogens is 4. The fourth-order valence-corrected chi connectivity index (χ4v) is 2.09. The monoisotopic (exact) mass is 306 g/mol. The molecule has 0 bridgehead atoms. The van der Waals surface area contributed by atoms with Crippen molar-refractivity contribution in [3.63, 3.8) is 0 Å². The number of pyridine rings is 1. The van der Waals surface area contributed by atoms with Gasteiger partial charge in [0.25, 0.3) is 0 Å². The summed E-state index contributed by atoms with van der Waals surface area (Å²) in [5, 5.41) is 1.62. The van der Waals surface area contributed by atoms with Gasteiger partial charge in [0.05, 0.1) is 25.8 Å². The average molecular weight is 308 g/mol. The van der Waals surface area contributed by atoms with Crippen LogP contribution in [0.3, 0.4) is 0 Å². The van der Waals surface area contributed by atoms with Crippen molar-refractivity contribution in [1.29, 1.82) is 0 Å². The van der Waals surface area contributed by atoms with Gasteiger partial charge in [0.15, 0.2) is 0 Å². The predicted molar refractivity (Wildman–Crippen MR) is 74.1 cm³/mol. The fourth-order valence-electron chi connectivity index (χ4n) is 1.33. The van der Waals surface area contributed by atoms with Gasteiger partial charge in [0, 0.05) is 5.56 Å². The Balaban J connectivity index is 2.60. The van der Waals surface area contributed by atoms with E-state index in [4.69, 9.17) is 52.1 Å². The smallest absolute Gasteiger partial charge is 0.143 e. The topological polar surface area (TPSA) is 38.9 Å². The van der Waals surface area contributed by atoms with Crippen LogP contribution in [-0.2, 0) is 0 Å². The highest BCUT2D eigenvalue weighted by molar-refractivity contribution is 6.42. The van der Waals surface area contributed by atoms with Crippen molar-refractivity contribution in [3.8, 4) is 11.3 Å². The van der Waals surface area contributed by atoms with Gasteiger partial charge in [-0.3, -0.25) is 0 Å². The van der Waals surface area contributed by atoms with Crippen LogP contribution in [0.25, 0.3) is 11.3 Å². The first kappa shape index (κ1) is 12.8. The predicted octanol–water partition coefficient (Wildman–Crippen LogP) is 4.94. The molecule has 0 aliphatic carbocycles. The van der Waals surface area contributed by atoms with Crippen molar-refractivity contribution in [2.75, 3.05) is 5.73 Å². The molecule has 2 nitrogen and oxygen atoms in total. The molecule has 0 radical (unpaired) electrons. The molecule has 0 amide bonds. The number of aromatic nitrogens is 1. The van der Waals surface area contributed by atoms with E-state index in [0.717, 1.165) is 5.56 Å². The molecular weight excluding hydrogens is 302 g/mol. The number of anilines is 1. The first-order valence-electron chi connectivity index (χ1n) is 4.56. The summed E-state index contributed by atoms with van der Waals surface area (Å²) in [6.07, 6.45) is 0. The summed E-state index contributed by atoms with van der Waals surface area (Å²) in [6, 6.07) is 6.65. The molecule has 2 aromatic rings. The largest absolute Gasteiger partial charge is 0.382 e. The van der Waals surface area contributed by atoms with Gasteiger partial charge < -0.3 is 5.73 Å². The summed E-state index contributed by atoms with van der Waals surface area (Å²) < 4.78 is 0. The Kier molecular flexibility index (Phi) is 3.69. The van der Waals surface area contributed by atoms with Gasteiger partial charge in [0.2, 0.25) is 0 Å². The van der Waals surface area contributed by atoms with Crippen LogP contribution < -0.4 is 5.73 Å². The summed E-state index contributed by atoms with van der Waals surface area (Å²) in [7, 11) is 0. The van der Waals surface area contributed by atoms with Crippen molar-refractivity contribution in [1.82, 2.24) is 4.98 Å². The number of hydrogen-bond donors (Lipinski definition) is 1. The standard InChI is InChI=1S/C11H6Cl4N2/c12-6-2-1-5(3-7(6)13)10-8(14)4-9(15)11(16)17-10/h1-4H,(H2,16,17). The van der Waals surface area contributed by atoms with Gasteiger partial charge in [0.1, 0.15) is 5.82 Å². The molecule has 0 aliphatic rings. The van der Waals surface area contributed by atoms with Crippen LogP contribution in [0.2, 0.25) is 20.1 Å². The molecule has 2 rings (SSSR count). The lowest BCUT2D eigenvalue weighted by atomic mass is 10.1. The summed E-state index contributed by atoms with van der Waals surface area (Å²) in [5.41, 5.74) is 6.88. The normalized spacial score (nSPS) is 10.6. The molecule has 17 heavy (non-hydrogen) atoms. The SMILES string of the molecule is Nc1nc(-c2ccc(Cl)c(Cl)c2)c(Cl)cc1Cl. The van der Waals surface area contributed by atoms with Crippen LogP contribution >= 0.6 is 46.4 Å². The second-order valence-electron chi connectivity index (χ2n) is 3.31. The van der Waals surface area contributed by atoms with Crippen molar-refractivity contribution >= 4 is 52.2 Å². The summed E-state index contributed by atoms with van der Waals surface area (Å²) >= 11 is 23.6. The molecule has 0 saturated carbocycles. The summed E-state index contributed by atoms with van der Waals surface area (Å²) in [6.45, 7) is 0. The minimum absolute atomic E-state index is 0.220. The highest BCUT2D eigenvalue weighted by Crippen LogP contribution is 2.34. The molecule has 0 fully saturated rings. The third-order valence-electron chi connectivity index (χ3n) is 2.15. The van der Waals surface area contributed by atoms with E-state index in [1.54, 1.807) is 24.3 Å². The van der Waals surface area contributed by atoms with Crippen molar-refractivity contribution in [2.24, 2.45) is 0 Å². The van der Waals surface area contributed by atoms with Gasteiger partial charge in [-0.15, -0.1) is 0 Å². The highest BCUT2D eigenvalue weighted by Gasteiger charge is 2.10. The van der Waals surface area contributed by atoms with Crippen LogP contribution in [-0.4, -0.2) is 4.98 Å². The average Bonchev–Trinajstić information content (AvgIpc) is 2.27. The number of nitrogen functional groups attached to an aromatic ring is 1. The lowest BCUT2D eigenvalue weighted by Gasteiger charge is -2.07. The van der Waals surface area contributed by atoms with Gasteiger partial charge in [-0.25, -0.2) is 4.98 Å². The van der Waals surface area contributed by atoms with E-state index < -0.39 is 0 Å². The van der Waals surface area contributed by atoms with Crippen LogP contribution in [0.1, 0.15) is 0 Å². The molecule has 0 aliphatic heterocycles. The summed E-state index contributed by atoms with van der Waals surface area (Å²) in [5.74, 6) is 0.220. The van der Waals surface area contributed by atoms with E-state index in [0.29, 0.717) is 25.8 Å². The van der Waals surface area contributed by atoms with Gasteiger partial charge in [-0.05, 0) is 18.2 Å². The van der Waals surface area contributed by atoms with Gasteiger partial charge >= 0.3 is 0 Å². The van der Waals surface area contributed by atoms with E-state index in [-0.39, 0.29) is 5.82 Å². The molecular formula is C11H6Cl4N2. The quantitative estimate of drug-likeness (QED) is 0.810. The summed E-state index contributed by atoms with van der Waals surface area (Å²) in [4.78, 5) is 4.13. The molecule has 0 saturated heterocycles. The Labute approximate surface area is 118 Å². The maximum absolute atomic E-state index is 6.05. The lowest BCUT2D eigenvalue weighted by molar-refractivity contribution is 1.33. The van der Waals surface area contributed by atoms with E-state index >= 15 is 0 Å². The Morgan fingerprint density at radius 1 is 0.824 bits per heavy atom. The van der Waals surface area contributed by atoms with Crippen LogP contribution in [0.5, 0.6) is 0 Å². The van der Waals surface area contributed by atoms with Gasteiger partial charge in [-0.2, -0.15) is 0 Å². The van der Waals surface area contributed by atoms with E-state index in [1.165, 1.54) is 0 Å².